The van der Waals surface area contributed by atoms with Crippen molar-refractivity contribution in [3.05, 3.63) is 52.0 Å². The van der Waals surface area contributed by atoms with Crippen molar-refractivity contribution in [3.63, 3.8) is 0 Å². The van der Waals surface area contributed by atoms with Crippen LogP contribution in [0.15, 0.2) is 18.2 Å². The smallest absolute Gasteiger partial charge is 0.165 e. The van der Waals surface area contributed by atoms with Crippen molar-refractivity contribution < 1.29 is 0 Å². The van der Waals surface area contributed by atoms with Crippen LogP contribution in [-0.2, 0) is 13.0 Å². The van der Waals surface area contributed by atoms with Gasteiger partial charge in [-0.05, 0) is 76.1 Å². The molecule has 0 saturated carbocycles. The molecule has 0 amide bonds. The molecule has 0 radical (unpaired) electrons. The third-order valence-electron chi connectivity index (χ3n) is 6.42. The molecule has 3 heterocycles. The third kappa shape index (κ3) is 3.66. The van der Waals surface area contributed by atoms with Gasteiger partial charge < -0.3 is 4.57 Å². The monoisotopic (exact) mass is 416 g/mol. The Morgan fingerprint density at radius 2 is 1.58 bits per heavy atom. The highest BCUT2D eigenvalue weighted by Gasteiger charge is 2.22. The molecule has 4 heteroatoms. The van der Waals surface area contributed by atoms with E-state index in [2.05, 4.69) is 82.7 Å². The Bertz CT molecular complexity index is 1250. The zero-order valence-electron chi connectivity index (χ0n) is 20.4. The molecular formula is C27H36N4. The van der Waals surface area contributed by atoms with E-state index < -0.39 is 0 Å². The highest BCUT2D eigenvalue weighted by Crippen LogP contribution is 2.36. The molecule has 0 N–H and O–H groups in total. The molecule has 4 aromatic rings. The maximum atomic E-state index is 5.10. The summed E-state index contributed by atoms with van der Waals surface area (Å²) in [6, 6.07) is 6.88. The summed E-state index contributed by atoms with van der Waals surface area (Å²) in [4.78, 5) is 5.10. The Hall–Kier alpha value is -2.62. The maximum absolute atomic E-state index is 5.10. The van der Waals surface area contributed by atoms with Gasteiger partial charge in [0.25, 0.3) is 0 Å². The first-order valence-corrected chi connectivity index (χ1v) is 11.7. The summed E-state index contributed by atoms with van der Waals surface area (Å²) in [5, 5.41) is 6.29. The van der Waals surface area contributed by atoms with Gasteiger partial charge in [-0.3, -0.25) is 0 Å². The molecule has 0 aliphatic carbocycles. The maximum Gasteiger partial charge on any atom is 0.165 e. The molecule has 0 saturated heterocycles. The molecule has 0 bridgehead atoms. The van der Waals surface area contributed by atoms with Crippen LogP contribution in [0.4, 0.5) is 0 Å². The Morgan fingerprint density at radius 1 is 0.903 bits per heavy atom. The first-order chi connectivity index (χ1) is 14.7. The van der Waals surface area contributed by atoms with E-state index in [1.54, 1.807) is 0 Å². The van der Waals surface area contributed by atoms with Gasteiger partial charge in [-0.1, -0.05) is 44.9 Å². The van der Waals surface area contributed by atoms with Crippen molar-refractivity contribution in [2.24, 2.45) is 5.92 Å². The second kappa shape index (κ2) is 8.14. The van der Waals surface area contributed by atoms with Crippen LogP contribution < -0.4 is 0 Å². The first-order valence-electron chi connectivity index (χ1n) is 11.7. The average molecular weight is 417 g/mol. The summed E-state index contributed by atoms with van der Waals surface area (Å²) in [5.74, 6) is 0.665. The van der Waals surface area contributed by atoms with Crippen molar-refractivity contribution in [2.45, 2.75) is 81.2 Å². The van der Waals surface area contributed by atoms with Gasteiger partial charge in [-0.15, -0.1) is 0 Å². The van der Waals surface area contributed by atoms with Gasteiger partial charge in [0, 0.05) is 17.6 Å². The van der Waals surface area contributed by atoms with Gasteiger partial charge >= 0.3 is 0 Å². The summed E-state index contributed by atoms with van der Waals surface area (Å²) in [5.41, 5.74) is 12.0. The molecule has 0 fully saturated rings. The lowest BCUT2D eigenvalue weighted by Crippen LogP contribution is -2.09. The topological polar surface area (TPSA) is 35.1 Å². The van der Waals surface area contributed by atoms with Gasteiger partial charge in [0.2, 0.25) is 0 Å². The van der Waals surface area contributed by atoms with Gasteiger partial charge in [0.1, 0.15) is 5.65 Å². The van der Waals surface area contributed by atoms with Crippen molar-refractivity contribution in [2.75, 3.05) is 0 Å². The first kappa shape index (κ1) is 21.6. The van der Waals surface area contributed by atoms with Crippen LogP contribution in [0.5, 0.6) is 0 Å². The van der Waals surface area contributed by atoms with E-state index in [4.69, 9.17) is 10.1 Å². The van der Waals surface area contributed by atoms with Crippen molar-refractivity contribution in [1.82, 2.24) is 19.2 Å². The molecule has 4 nitrogen and oxygen atoms in total. The van der Waals surface area contributed by atoms with Gasteiger partial charge in [-0.2, -0.15) is 9.61 Å². The Kier molecular flexibility index (Phi) is 5.67. The van der Waals surface area contributed by atoms with E-state index in [0.29, 0.717) is 5.92 Å². The van der Waals surface area contributed by atoms with E-state index in [0.717, 1.165) is 42.8 Å². The number of rotatable bonds is 6. The minimum absolute atomic E-state index is 0.665. The minimum Gasteiger partial charge on any atom is -0.329 e. The zero-order valence-corrected chi connectivity index (χ0v) is 20.4. The van der Waals surface area contributed by atoms with E-state index in [1.165, 1.54) is 44.5 Å². The third-order valence-corrected chi connectivity index (χ3v) is 6.42. The number of aromatic nitrogens is 4. The lowest BCUT2D eigenvalue weighted by molar-refractivity contribution is 0.511. The van der Waals surface area contributed by atoms with Crippen LogP contribution in [0, 0.1) is 40.5 Å². The number of aryl methyl sites for hydroxylation is 7. The molecule has 1 aromatic carbocycles. The van der Waals surface area contributed by atoms with Crippen molar-refractivity contribution in [1.29, 1.82) is 0 Å². The van der Waals surface area contributed by atoms with Crippen LogP contribution in [0.1, 0.15) is 67.4 Å². The lowest BCUT2D eigenvalue weighted by Gasteiger charge is -2.14. The fraction of sp³-hybridized carbons (Fsp3) is 0.481. The summed E-state index contributed by atoms with van der Waals surface area (Å²) < 4.78 is 4.62. The Labute approximate surface area is 186 Å². The summed E-state index contributed by atoms with van der Waals surface area (Å²) in [6.07, 6.45) is 3.38. The molecule has 0 spiro atoms. The molecule has 3 aromatic heterocycles. The number of fused-ring (bicyclic) bond motifs is 3. The molecule has 0 unspecified atom stereocenters. The number of nitrogens with zero attached hydrogens (tertiary/aromatic N) is 4. The van der Waals surface area contributed by atoms with Gasteiger partial charge in [-0.25, -0.2) is 4.98 Å². The molecule has 0 aliphatic heterocycles. The molecule has 0 atom stereocenters. The standard InChI is InChI=1S/C27H36N4/c1-9-10-22-15-23-20(7)28-26-25(24-18(5)13-17(4)14-19(24)6)21(8)29-31(26)27(23)30(22)12-11-16(2)3/h13-16H,9-12H2,1-8H3. The number of benzene rings is 1. The average Bonchev–Trinajstić information content (AvgIpc) is 3.18. The predicted molar refractivity (Wildman–Crippen MR) is 131 cm³/mol. The lowest BCUT2D eigenvalue weighted by atomic mass is 9.94. The highest BCUT2D eigenvalue weighted by atomic mass is 15.3. The van der Waals surface area contributed by atoms with E-state index in [9.17, 15) is 0 Å². The zero-order chi connectivity index (χ0) is 22.4. The molecule has 31 heavy (non-hydrogen) atoms. The van der Waals surface area contributed by atoms with Gasteiger partial charge in [0.15, 0.2) is 5.65 Å². The highest BCUT2D eigenvalue weighted by molar-refractivity contribution is 5.90. The van der Waals surface area contributed by atoms with E-state index >= 15 is 0 Å². The molecule has 0 aliphatic rings. The summed E-state index contributed by atoms with van der Waals surface area (Å²) >= 11 is 0. The Morgan fingerprint density at radius 3 is 2.19 bits per heavy atom. The Balaban J connectivity index is 2.07. The molecular weight excluding hydrogens is 380 g/mol. The van der Waals surface area contributed by atoms with Crippen LogP contribution in [0.25, 0.3) is 27.8 Å². The van der Waals surface area contributed by atoms with E-state index in [1.807, 2.05) is 0 Å². The molecule has 4 rings (SSSR count). The normalized spacial score (nSPS) is 12.0. The quantitative estimate of drug-likeness (QED) is 0.343. The number of hydrogen-bond donors (Lipinski definition) is 0. The summed E-state index contributed by atoms with van der Waals surface area (Å²) in [6.45, 7) is 18.7. The summed E-state index contributed by atoms with van der Waals surface area (Å²) in [7, 11) is 0. The van der Waals surface area contributed by atoms with Crippen LogP contribution in [-0.4, -0.2) is 19.2 Å². The van der Waals surface area contributed by atoms with Crippen LogP contribution in [0.3, 0.4) is 0 Å². The second-order valence-electron chi connectivity index (χ2n) is 9.62. The van der Waals surface area contributed by atoms with Gasteiger partial charge in [0.05, 0.1) is 17.0 Å². The number of hydrogen-bond acceptors (Lipinski definition) is 2. The second-order valence-corrected chi connectivity index (χ2v) is 9.62. The fourth-order valence-electron chi connectivity index (χ4n) is 5.04. The van der Waals surface area contributed by atoms with E-state index in [-0.39, 0.29) is 0 Å². The predicted octanol–water partition coefficient (Wildman–Crippen LogP) is 6.89. The fourth-order valence-corrected chi connectivity index (χ4v) is 5.04. The van der Waals surface area contributed by atoms with Crippen molar-refractivity contribution >= 4 is 16.7 Å². The SMILES string of the molecule is CCCc1cc2c(C)nc3c(-c4c(C)cc(C)cc4C)c(C)nn3c2n1CCC(C)C. The van der Waals surface area contributed by atoms with Crippen LogP contribution in [0.2, 0.25) is 0 Å². The van der Waals surface area contributed by atoms with Crippen LogP contribution >= 0.6 is 0 Å². The largest absolute Gasteiger partial charge is 0.329 e. The molecule has 164 valence electrons. The minimum atomic E-state index is 0.665. The van der Waals surface area contributed by atoms with Crippen molar-refractivity contribution in [3.8, 4) is 11.1 Å².